The zero-order chi connectivity index (χ0) is 27.1. The lowest BCUT2D eigenvalue weighted by molar-refractivity contribution is -0.129. The van der Waals surface area contributed by atoms with Crippen molar-refractivity contribution in [2.75, 3.05) is 19.6 Å². The van der Waals surface area contributed by atoms with Gasteiger partial charge in [0.2, 0.25) is 17.7 Å². The summed E-state index contributed by atoms with van der Waals surface area (Å²) in [7, 11) is 0. The molecule has 0 aliphatic rings. The first-order valence-electron chi connectivity index (χ1n) is 14.3. The molecule has 0 radical (unpaired) electrons. The van der Waals surface area contributed by atoms with Crippen molar-refractivity contribution < 1.29 is 19.5 Å². The van der Waals surface area contributed by atoms with Crippen LogP contribution in [0.2, 0.25) is 0 Å². The van der Waals surface area contributed by atoms with E-state index in [1.54, 1.807) is 24.3 Å². The first-order chi connectivity index (χ1) is 18.0. The van der Waals surface area contributed by atoms with Gasteiger partial charge in [0, 0.05) is 32.4 Å². The highest BCUT2D eigenvalue weighted by Crippen LogP contribution is 2.12. The van der Waals surface area contributed by atoms with Crippen LogP contribution in [0.4, 0.5) is 0 Å². The first kappa shape index (κ1) is 32.4. The molecule has 3 amide bonds. The van der Waals surface area contributed by atoms with Crippen molar-refractivity contribution >= 4 is 17.7 Å². The lowest BCUT2D eigenvalue weighted by Crippen LogP contribution is -2.48. The van der Waals surface area contributed by atoms with E-state index >= 15 is 0 Å². The maximum absolute atomic E-state index is 12.7. The zero-order valence-corrected chi connectivity index (χ0v) is 22.9. The van der Waals surface area contributed by atoms with E-state index < -0.39 is 6.04 Å². The molecular formula is C29H50N4O4. The van der Waals surface area contributed by atoms with Crippen molar-refractivity contribution in [3.63, 3.8) is 0 Å². The molecule has 1 atom stereocenters. The Labute approximate surface area is 223 Å². The largest absolute Gasteiger partial charge is 0.508 e. The monoisotopic (exact) mass is 518 g/mol. The summed E-state index contributed by atoms with van der Waals surface area (Å²) in [4.78, 5) is 36.3. The van der Waals surface area contributed by atoms with E-state index in [1.165, 1.54) is 32.1 Å². The smallest absolute Gasteiger partial charge is 0.242 e. The molecule has 0 heterocycles. The molecule has 0 saturated carbocycles. The maximum atomic E-state index is 12.7. The van der Waals surface area contributed by atoms with Crippen molar-refractivity contribution in [2.24, 2.45) is 5.73 Å². The van der Waals surface area contributed by atoms with Crippen LogP contribution < -0.4 is 21.7 Å². The molecule has 8 nitrogen and oxygen atoms in total. The number of benzene rings is 1. The van der Waals surface area contributed by atoms with Crippen LogP contribution in [-0.2, 0) is 20.8 Å². The molecule has 1 aromatic carbocycles. The molecule has 210 valence electrons. The Bertz CT molecular complexity index is 755. The SMILES string of the molecule is CCCC(=O)N[C@@H](Cc1ccc(O)cc1)C(=O)NCCCCCCCCCCCCNC(=O)CCCN. The average molecular weight is 519 g/mol. The van der Waals surface area contributed by atoms with E-state index in [9.17, 15) is 19.5 Å². The summed E-state index contributed by atoms with van der Waals surface area (Å²) >= 11 is 0. The highest BCUT2D eigenvalue weighted by molar-refractivity contribution is 5.87. The lowest BCUT2D eigenvalue weighted by Gasteiger charge is -2.19. The Morgan fingerprint density at radius 1 is 0.757 bits per heavy atom. The number of nitrogens with two attached hydrogens (primary N) is 1. The molecule has 0 aromatic heterocycles. The Balaban J connectivity index is 2.09. The van der Waals surface area contributed by atoms with Crippen LogP contribution in [0.5, 0.6) is 5.75 Å². The molecule has 8 heteroatoms. The average Bonchev–Trinajstić information content (AvgIpc) is 2.88. The fourth-order valence-electron chi connectivity index (χ4n) is 4.15. The van der Waals surface area contributed by atoms with Crippen LogP contribution in [0.15, 0.2) is 24.3 Å². The second kappa shape index (κ2) is 21.5. The number of unbranched alkanes of at least 4 members (excludes halogenated alkanes) is 9. The van der Waals surface area contributed by atoms with Crippen molar-refractivity contribution in [3.05, 3.63) is 29.8 Å². The highest BCUT2D eigenvalue weighted by atomic mass is 16.3. The van der Waals surface area contributed by atoms with Gasteiger partial charge < -0.3 is 26.8 Å². The van der Waals surface area contributed by atoms with Gasteiger partial charge in [0.05, 0.1) is 0 Å². The summed E-state index contributed by atoms with van der Waals surface area (Å²) < 4.78 is 0. The number of nitrogens with one attached hydrogen (secondary N) is 3. The van der Waals surface area contributed by atoms with E-state index in [4.69, 9.17) is 5.73 Å². The molecule has 0 saturated heterocycles. The van der Waals surface area contributed by atoms with Gasteiger partial charge in [-0.25, -0.2) is 0 Å². The normalized spacial score (nSPS) is 11.6. The van der Waals surface area contributed by atoms with Gasteiger partial charge in [-0.15, -0.1) is 0 Å². The van der Waals surface area contributed by atoms with Crippen LogP contribution in [0.3, 0.4) is 0 Å². The predicted octanol–water partition coefficient (Wildman–Crippen LogP) is 4.09. The van der Waals surface area contributed by atoms with Gasteiger partial charge in [-0.3, -0.25) is 14.4 Å². The molecule has 1 aromatic rings. The van der Waals surface area contributed by atoms with E-state index in [0.717, 1.165) is 57.1 Å². The van der Waals surface area contributed by atoms with Crippen LogP contribution in [-0.4, -0.2) is 48.5 Å². The molecule has 0 unspecified atom stereocenters. The summed E-state index contributed by atoms with van der Waals surface area (Å²) in [6.07, 6.45) is 14.3. The standard InChI is InChI=1S/C29H50N4O4/c1-2-14-28(36)33-26(23-24-16-18-25(34)19-17-24)29(37)32-22-12-10-8-6-4-3-5-7-9-11-21-31-27(35)15-13-20-30/h16-19,26,34H,2-15,20-23,30H2,1H3,(H,31,35)(H,32,37)(H,33,36)/t26-/m0/s1. The minimum absolute atomic E-state index is 0.109. The lowest BCUT2D eigenvalue weighted by atomic mass is 10.0. The Morgan fingerprint density at radius 2 is 1.30 bits per heavy atom. The minimum Gasteiger partial charge on any atom is -0.508 e. The van der Waals surface area contributed by atoms with Crippen molar-refractivity contribution in [2.45, 2.75) is 109 Å². The van der Waals surface area contributed by atoms with Crippen LogP contribution in [0, 0.1) is 0 Å². The van der Waals surface area contributed by atoms with Gasteiger partial charge in [0.15, 0.2) is 0 Å². The maximum Gasteiger partial charge on any atom is 0.242 e. The topological polar surface area (TPSA) is 134 Å². The third kappa shape index (κ3) is 17.5. The van der Waals surface area contributed by atoms with Crippen molar-refractivity contribution in [1.82, 2.24) is 16.0 Å². The first-order valence-corrected chi connectivity index (χ1v) is 14.3. The van der Waals surface area contributed by atoms with E-state index in [2.05, 4.69) is 16.0 Å². The fourth-order valence-corrected chi connectivity index (χ4v) is 4.15. The second-order valence-electron chi connectivity index (χ2n) is 9.81. The Hall–Kier alpha value is -2.61. The number of hydrogen-bond acceptors (Lipinski definition) is 5. The van der Waals surface area contributed by atoms with Gasteiger partial charge in [0.1, 0.15) is 11.8 Å². The summed E-state index contributed by atoms with van der Waals surface area (Å²) in [5.74, 6) is 0.00759. The highest BCUT2D eigenvalue weighted by Gasteiger charge is 2.20. The van der Waals surface area contributed by atoms with Gasteiger partial charge >= 0.3 is 0 Å². The van der Waals surface area contributed by atoms with E-state index in [0.29, 0.717) is 32.4 Å². The molecular weight excluding hydrogens is 468 g/mol. The summed E-state index contributed by atoms with van der Waals surface area (Å²) in [5, 5.41) is 18.3. The van der Waals surface area contributed by atoms with Gasteiger partial charge in [0.25, 0.3) is 0 Å². The molecule has 1 rings (SSSR count). The van der Waals surface area contributed by atoms with Gasteiger partial charge in [-0.2, -0.15) is 0 Å². The predicted molar refractivity (Wildman–Crippen MR) is 149 cm³/mol. The molecule has 0 fully saturated rings. The summed E-state index contributed by atoms with van der Waals surface area (Å²) in [5.41, 5.74) is 6.29. The summed E-state index contributed by atoms with van der Waals surface area (Å²) in [6, 6.07) is 6.11. The Morgan fingerprint density at radius 3 is 1.84 bits per heavy atom. The molecule has 0 bridgehead atoms. The number of carbonyl (C=O) groups is 3. The van der Waals surface area contributed by atoms with Gasteiger partial charge in [-0.05, 0) is 49.9 Å². The third-order valence-corrected chi connectivity index (χ3v) is 6.34. The number of aromatic hydroxyl groups is 1. The quantitative estimate of drug-likeness (QED) is 0.147. The van der Waals surface area contributed by atoms with Crippen LogP contribution in [0.25, 0.3) is 0 Å². The molecule has 0 spiro atoms. The number of carbonyl (C=O) groups excluding carboxylic acids is 3. The van der Waals surface area contributed by atoms with Gasteiger partial charge in [-0.1, -0.05) is 70.4 Å². The number of phenolic OH excluding ortho intramolecular Hbond substituents is 1. The molecule has 37 heavy (non-hydrogen) atoms. The second-order valence-corrected chi connectivity index (χ2v) is 9.81. The number of amides is 3. The van der Waals surface area contributed by atoms with E-state index in [-0.39, 0.29) is 23.5 Å². The number of hydrogen-bond donors (Lipinski definition) is 5. The fraction of sp³-hybridized carbons (Fsp3) is 0.690. The van der Waals surface area contributed by atoms with Crippen LogP contribution in [0.1, 0.15) is 102 Å². The minimum atomic E-state index is -0.615. The Kier molecular flexibility index (Phi) is 18.8. The van der Waals surface area contributed by atoms with E-state index in [1.807, 2.05) is 6.92 Å². The summed E-state index contributed by atoms with van der Waals surface area (Å²) in [6.45, 7) is 3.87. The number of phenols is 1. The molecule has 6 N–H and O–H groups in total. The molecule has 0 aliphatic carbocycles. The number of rotatable bonds is 22. The van der Waals surface area contributed by atoms with Crippen molar-refractivity contribution in [3.8, 4) is 5.75 Å². The van der Waals surface area contributed by atoms with Crippen molar-refractivity contribution in [1.29, 1.82) is 0 Å². The molecule has 0 aliphatic heterocycles. The third-order valence-electron chi connectivity index (χ3n) is 6.34. The van der Waals surface area contributed by atoms with Crippen LogP contribution >= 0.6 is 0 Å². The zero-order valence-electron chi connectivity index (χ0n) is 22.9.